The van der Waals surface area contributed by atoms with Crippen LogP contribution in [0.25, 0.3) is 5.65 Å². The number of fused-ring (bicyclic) bond motifs is 1. The first kappa shape index (κ1) is 15.9. The van der Waals surface area contributed by atoms with Gasteiger partial charge in [-0.3, -0.25) is 14.0 Å². The number of aromatic nitrogens is 3. The van der Waals surface area contributed by atoms with Crippen LogP contribution in [-0.4, -0.2) is 26.3 Å². The maximum Gasteiger partial charge on any atom is 0.220 e. The molecule has 0 radical (unpaired) electrons. The van der Waals surface area contributed by atoms with Gasteiger partial charge in [0.15, 0.2) is 17.3 Å². The molecule has 122 valence electrons. The smallest absolute Gasteiger partial charge is 0.220 e. The van der Waals surface area contributed by atoms with Crippen LogP contribution in [0.5, 0.6) is 0 Å². The van der Waals surface area contributed by atoms with Crippen LogP contribution in [-0.2, 0) is 11.3 Å². The quantitative estimate of drug-likeness (QED) is 0.707. The Morgan fingerprint density at radius 3 is 2.62 bits per heavy atom. The summed E-state index contributed by atoms with van der Waals surface area (Å²) in [6, 6.07) is 13.0. The molecule has 0 unspecified atom stereocenters. The second kappa shape index (κ2) is 7.04. The molecule has 0 atom stereocenters. The fourth-order valence-corrected chi connectivity index (χ4v) is 2.39. The van der Waals surface area contributed by atoms with Crippen LogP contribution in [0.15, 0.2) is 48.7 Å². The van der Waals surface area contributed by atoms with E-state index in [1.165, 1.54) is 0 Å². The second-order valence-electron chi connectivity index (χ2n) is 5.61. The number of Topliss-reactive ketones (excluding diaryl/α,β-unsaturated/α-hetero) is 1. The van der Waals surface area contributed by atoms with E-state index in [4.69, 9.17) is 0 Å². The number of ketones is 1. The molecule has 0 saturated heterocycles. The Kier molecular flexibility index (Phi) is 4.65. The number of carbonyl (C=O) groups is 2. The van der Waals surface area contributed by atoms with Crippen molar-refractivity contribution in [2.45, 2.75) is 26.3 Å². The van der Waals surface area contributed by atoms with Crippen molar-refractivity contribution in [2.75, 3.05) is 0 Å². The Bertz CT molecular complexity index is 868. The van der Waals surface area contributed by atoms with Gasteiger partial charge in [0, 0.05) is 24.6 Å². The Labute approximate surface area is 139 Å². The fourth-order valence-electron chi connectivity index (χ4n) is 2.39. The number of amides is 1. The number of nitrogens with zero attached hydrogens (tertiary/aromatic N) is 3. The average Bonchev–Trinajstić information content (AvgIpc) is 3.01. The molecule has 6 nitrogen and oxygen atoms in total. The molecule has 3 aromatic rings. The Balaban J connectivity index is 1.51. The summed E-state index contributed by atoms with van der Waals surface area (Å²) < 4.78 is 1.82. The summed E-state index contributed by atoms with van der Waals surface area (Å²) in [5.74, 6) is 0.449. The van der Waals surface area contributed by atoms with E-state index in [2.05, 4.69) is 15.5 Å². The molecule has 1 amide bonds. The minimum absolute atomic E-state index is 0.0296. The SMILES string of the molecule is Cc1ccc(C(=O)CCC(=O)NCc2nnc3ccccn23)cc1. The molecule has 1 N–H and O–H groups in total. The third-order valence-corrected chi connectivity index (χ3v) is 3.78. The standard InChI is InChI=1S/C18H18N4O2/c1-13-5-7-14(8-6-13)15(23)9-10-18(24)19-12-17-21-20-16-4-2-3-11-22(16)17/h2-8,11H,9-10,12H2,1H3,(H,19,24). The van der Waals surface area contributed by atoms with Gasteiger partial charge in [-0.1, -0.05) is 35.9 Å². The van der Waals surface area contributed by atoms with Crippen molar-refractivity contribution in [3.63, 3.8) is 0 Å². The number of carbonyl (C=O) groups excluding carboxylic acids is 2. The van der Waals surface area contributed by atoms with Crippen LogP contribution in [0, 0.1) is 6.92 Å². The molecule has 0 spiro atoms. The van der Waals surface area contributed by atoms with Crippen LogP contribution in [0.4, 0.5) is 0 Å². The number of hydrogen-bond donors (Lipinski definition) is 1. The molecule has 3 rings (SSSR count). The van der Waals surface area contributed by atoms with Gasteiger partial charge >= 0.3 is 0 Å². The largest absolute Gasteiger partial charge is 0.349 e. The zero-order chi connectivity index (χ0) is 16.9. The lowest BCUT2D eigenvalue weighted by molar-refractivity contribution is -0.121. The first-order valence-electron chi connectivity index (χ1n) is 7.79. The predicted octanol–water partition coefficient (Wildman–Crippen LogP) is 2.32. The number of nitrogens with one attached hydrogen (secondary N) is 1. The van der Waals surface area contributed by atoms with Gasteiger partial charge in [-0.25, -0.2) is 0 Å². The Morgan fingerprint density at radius 2 is 1.83 bits per heavy atom. The van der Waals surface area contributed by atoms with Crippen LogP contribution in [0.3, 0.4) is 0 Å². The molecule has 6 heteroatoms. The Hall–Kier alpha value is -3.02. The summed E-state index contributed by atoms with van der Waals surface area (Å²) in [5, 5.41) is 10.9. The lowest BCUT2D eigenvalue weighted by Crippen LogP contribution is -2.24. The Morgan fingerprint density at radius 1 is 1.04 bits per heavy atom. The van der Waals surface area contributed by atoms with E-state index >= 15 is 0 Å². The minimum Gasteiger partial charge on any atom is -0.349 e. The zero-order valence-electron chi connectivity index (χ0n) is 13.4. The van der Waals surface area contributed by atoms with Crippen molar-refractivity contribution in [2.24, 2.45) is 0 Å². The molecule has 24 heavy (non-hydrogen) atoms. The molecule has 0 aliphatic carbocycles. The van der Waals surface area contributed by atoms with Crippen molar-refractivity contribution in [3.8, 4) is 0 Å². The molecule has 0 bridgehead atoms. The topological polar surface area (TPSA) is 76.4 Å². The van der Waals surface area contributed by atoms with Crippen LogP contribution in [0.1, 0.15) is 34.6 Å². The van der Waals surface area contributed by atoms with Gasteiger partial charge in [-0.05, 0) is 19.1 Å². The third-order valence-electron chi connectivity index (χ3n) is 3.78. The van der Waals surface area contributed by atoms with Gasteiger partial charge in [0.05, 0.1) is 6.54 Å². The summed E-state index contributed by atoms with van der Waals surface area (Å²) in [6.07, 6.45) is 2.19. The highest BCUT2D eigenvalue weighted by molar-refractivity contribution is 5.97. The number of rotatable bonds is 6. The van der Waals surface area contributed by atoms with Crippen LogP contribution in [0.2, 0.25) is 0 Å². The molecule has 0 saturated carbocycles. The van der Waals surface area contributed by atoms with Crippen molar-refractivity contribution >= 4 is 17.3 Å². The lowest BCUT2D eigenvalue weighted by Gasteiger charge is -2.04. The summed E-state index contributed by atoms with van der Waals surface area (Å²) in [7, 11) is 0. The predicted molar refractivity (Wildman–Crippen MR) is 89.6 cm³/mol. The van der Waals surface area contributed by atoms with E-state index in [0.29, 0.717) is 11.4 Å². The summed E-state index contributed by atoms with van der Waals surface area (Å²) in [5.41, 5.74) is 2.47. The average molecular weight is 322 g/mol. The van der Waals surface area contributed by atoms with E-state index in [0.717, 1.165) is 11.2 Å². The molecule has 1 aromatic carbocycles. The van der Waals surface area contributed by atoms with Crippen molar-refractivity contribution in [1.29, 1.82) is 0 Å². The molecular formula is C18H18N4O2. The van der Waals surface area contributed by atoms with Gasteiger partial charge in [-0.2, -0.15) is 0 Å². The number of hydrogen-bond acceptors (Lipinski definition) is 4. The molecule has 0 aliphatic heterocycles. The van der Waals surface area contributed by atoms with E-state index in [1.54, 1.807) is 12.1 Å². The van der Waals surface area contributed by atoms with Crippen LogP contribution >= 0.6 is 0 Å². The number of benzene rings is 1. The summed E-state index contributed by atoms with van der Waals surface area (Å²) >= 11 is 0. The first-order chi connectivity index (χ1) is 11.6. The highest BCUT2D eigenvalue weighted by Crippen LogP contribution is 2.08. The van der Waals surface area contributed by atoms with Crippen molar-refractivity contribution < 1.29 is 9.59 Å². The van der Waals surface area contributed by atoms with E-state index in [9.17, 15) is 9.59 Å². The van der Waals surface area contributed by atoms with Crippen LogP contribution < -0.4 is 5.32 Å². The van der Waals surface area contributed by atoms with Gasteiger partial charge in [-0.15, -0.1) is 10.2 Å². The van der Waals surface area contributed by atoms with Crippen molar-refractivity contribution in [3.05, 3.63) is 65.6 Å². The normalized spacial score (nSPS) is 10.7. The lowest BCUT2D eigenvalue weighted by atomic mass is 10.1. The van der Waals surface area contributed by atoms with E-state index < -0.39 is 0 Å². The van der Waals surface area contributed by atoms with E-state index in [-0.39, 0.29) is 31.1 Å². The van der Waals surface area contributed by atoms with Gasteiger partial charge < -0.3 is 5.32 Å². The number of pyridine rings is 1. The fraction of sp³-hybridized carbons (Fsp3) is 0.222. The maximum absolute atomic E-state index is 12.1. The molecule has 2 heterocycles. The number of aryl methyl sites for hydroxylation is 1. The highest BCUT2D eigenvalue weighted by atomic mass is 16.2. The summed E-state index contributed by atoms with van der Waals surface area (Å²) in [6.45, 7) is 2.25. The van der Waals surface area contributed by atoms with Gasteiger partial charge in [0.2, 0.25) is 5.91 Å². The van der Waals surface area contributed by atoms with Gasteiger partial charge in [0.25, 0.3) is 0 Å². The molecular weight excluding hydrogens is 304 g/mol. The highest BCUT2D eigenvalue weighted by Gasteiger charge is 2.10. The maximum atomic E-state index is 12.1. The zero-order valence-corrected chi connectivity index (χ0v) is 13.4. The minimum atomic E-state index is -0.178. The van der Waals surface area contributed by atoms with E-state index in [1.807, 2.05) is 47.9 Å². The van der Waals surface area contributed by atoms with Crippen molar-refractivity contribution in [1.82, 2.24) is 19.9 Å². The summed E-state index contributed by atoms with van der Waals surface area (Å²) in [4.78, 5) is 24.0. The first-order valence-corrected chi connectivity index (χ1v) is 7.79. The monoisotopic (exact) mass is 322 g/mol. The van der Waals surface area contributed by atoms with Gasteiger partial charge in [0.1, 0.15) is 0 Å². The molecule has 0 fully saturated rings. The molecule has 2 aromatic heterocycles. The third kappa shape index (κ3) is 3.65. The second-order valence-corrected chi connectivity index (χ2v) is 5.61. The molecule has 0 aliphatic rings.